The Bertz CT molecular complexity index is 420. The Kier molecular flexibility index (Phi) is 4.19. The van der Waals surface area contributed by atoms with E-state index in [4.69, 9.17) is 5.73 Å². The number of rotatable bonds is 5. The lowest BCUT2D eigenvalue weighted by Crippen LogP contribution is -2.26. The molecule has 0 aliphatic heterocycles. The van der Waals surface area contributed by atoms with Crippen molar-refractivity contribution in [2.24, 2.45) is 5.73 Å². The molecular formula is C9H13FN2O2S. The number of nitrogens with one attached hydrogen (secondary N) is 1. The number of sulfonamides is 1. The van der Waals surface area contributed by atoms with E-state index in [0.29, 0.717) is 13.0 Å². The Balaban J connectivity index is 2.83. The topological polar surface area (TPSA) is 72.2 Å². The number of hydrogen-bond acceptors (Lipinski definition) is 3. The van der Waals surface area contributed by atoms with Crippen molar-refractivity contribution in [2.45, 2.75) is 11.3 Å². The molecule has 0 atom stereocenters. The molecule has 0 aromatic heterocycles. The summed E-state index contributed by atoms with van der Waals surface area (Å²) in [5.41, 5.74) is 5.22. The van der Waals surface area contributed by atoms with Gasteiger partial charge in [0.1, 0.15) is 10.7 Å². The summed E-state index contributed by atoms with van der Waals surface area (Å²) in [6, 6.07) is 5.24. The molecule has 84 valence electrons. The summed E-state index contributed by atoms with van der Waals surface area (Å²) in [5.74, 6) is -0.752. The zero-order chi connectivity index (χ0) is 11.3. The number of hydrogen-bond donors (Lipinski definition) is 2. The van der Waals surface area contributed by atoms with Crippen molar-refractivity contribution in [3.63, 3.8) is 0 Å². The van der Waals surface area contributed by atoms with Gasteiger partial charge in [0.15, 0.2) is 0 Å². The Morgan fingerprint density at radius 3 is 2.60 bits per heavy atom. The van der Waals surface area contributed by atoms with Gasteiger partial charge in [-0.25, -0.2) is 17.5 Å². The highest BCUT2D eigenvalue weighted by Gasteiger charge is 2.16. The molecule has 0 amide bonds. The molecule has 4 nitrogen and oxygen atoms in total. The van der Waals surface area contributed by atoms with Crippen LogP contribution in [0.3, 0.4) is 0 Å². The molecule has 1 aromatic rings. The minimum Gasteiger partial charge on any atom is -0.330 e. The molecule has 1 aromatic carbocycles. The molecule has 6 heteroatoms. The highest BCUT2D eigenvalue weighted by molar-refractivity contribution is 7.89. The average Bonchev–Trinajstić information content (AvgIpc) is 2.18. The highest BCUT2D eigenvalue weighted by Crippen LogP contribution is 2.12. The van der Waals surface area contributed by atoms with Gasteiger partial charge in [0.25, 0.3) is 0 Å². The molecule has 0 fully saturated rings. The van der Waals surface area contributed by atoms with Crippen LogP contribution in [0.25, 0.3) is 0 Å². The summed E-state index contributed by atoms with van der Waals surface area (Å²) in [7, 11) is -3.74. The Morgan fingerprint density at radius 2 is 2.00 bits per heavy atom. The van der Waals surface area contributed by atoms with Gasteiger partial charge in [-0.2, -0.15) is 0 Å². The quantitative estimate of drug-likeness (QED) is 0.724. The second-order valence-corrected chi connectivity index (χ2v) is 4.71. The van der Waals surface area contributed by atoms with E-state index in [1.165, 1.54) is 18.2 Å². The molecule has 0 radical (unpaired) electrons. The summed E-state index contributed by atoms with van der Waals surface area (Å²) in [4.78, 5) is -0.331. The SMILES string of the molecule is NCCCNS(=O)(=O)c1ccccc1F. The van der Waals surface area contributed by atoms with Crippen molar-refractivity contribution in [2.75, 3.05) is 13.1 Å². The first-order valence-electron chi connectivity index (χ1n) is 4.52. The predicted octanol–water partition coefficient (Wildman–Crippen LogP) is 0.453. The van der Waals surface area contributed by atoms with Crippen LogP contribution in [0.4, 0.5) is 4.39 Å². The minimum atomic E-state index is -3.74. The lowest BCUT2D eigenvalue weighted by atomic mass is 10.4. The fourth-order valence-electron chi connectivity index (χ4n) is 1.05. The van der Waals surface area contributed by atoms with Crippen LogP contribution < -0.4 is 10.5 Å². The molecular weight excluding hydrogens is 219 g/mol. The summed E-state index contributed by atoms with van der Waals surface area (Å²) in [5, 5.41) is 0. The van der Waals surface area contributed by atoms with Gasteiger partial charge in [-0.1, -0.05) is 12.1 Å². The van der Waals surface area contributed by atoms with Crippen LogP contribution in [0.5, 0.6) is 0 Å². The molecule has 0 unspecified atom stereocenters. The van der Waals surface area contributed by atoms with Crippen molar-refractivity contribution in [1.82, 2.24) is 4.72 Å². The predicted molar refractivity (Wildman–Crippen MR) is 55.3 cm³/mol. The third kappa shape index (κ3) is 3.26. The van der Waals surface area contributed by atoms with E-state index >= 15 is 0 Å². The number of benzene rings is 1. The van der Waals surface area contributed by atoms with E-state index in [-0.39, 0.29) is 11.4 Å². The Labute approximate surface area is 88.3 Å². The standard InChI is InChI=1S/C9H13FN2O2S/c10-8-4-1-2-5-9(8)15(13,14)12-7-3-6-11/h1-2,4-5,12H,3,6-7,11H2. The normalized spacial score (nSPS) is 11.6. The van der Waals surface area contributed by atoms with Crippen molar-refractivity contribution in [3.8, 4) is 0 Å². The molecule has 0 aliphatic carbocycles. The fourth-order valence-corrected chi connectivity index (χ4v) is 2.20. The molecule has 0 heterocycles. The van der Waals surface area contributed by atoms with Crippen molar-refractivity contribution < 1.29 is 12.8 Å². The fraction of sp³-hybridized carbons (Fsp3) is 0.333. The zero-order valence-electron chi connectivity index (χ0n) is 8.11. The summed E-state index contributed by atoms with van der Waals surface area (Å²) < 4.78 is 38.5. The van der Waals surface area contributed by atoms with Crippen LogP contribution in [-0.2, 0) is 10.0 Å². The summed E-state index contributed by atoms with van der Waals surface area (Å²) in [6.45, 7) is 0.604. The van der Waals surface area contributed by atoms with Crippen LogP contribution >= 0.6 is 0 Å². The summed E-state index contributed by atoms with van der Waals surface area (Å²) in [6.07, 6.45) is 0.522. The van der Waals surface area contributed by atoms with Crippen molar-refractivity contribution in [3.05, 3.63) is 30.1 Å². The Morgan fingerprint density at radius 1 is 1.33 bits per heavy atom. The molecule has 0 spiro atoms. The van der Waals surface area contributed by atoms with E-state index in [9.17, 15) is 12.8 Å². The molecule has 3 N–H and O–H groups in total. The third-order valence-corrected chi connectivity index (χ3v) is 3.29. The second kappa shape index (κ2) is 5.20. The van der Waals surface area contributed by atoms with Gasteiger partial charge in [0, 0.05) is 6.54 Å². The molecule has 0 saturated heterocycles. The van der Waals surface area contributed by atoms with Crippen LogP contribution in [-0.4, -0.2) is 21.5 Å². The van der Waals surface area contributed by atoms with Gasteiger partial charge >= 0.3 is 0 Å². The zero-order valence-corrected chi connectivity index (χ0v) is 8.93. The third-order valence-electron chi connectivity index (χ3n) is 1.80. The van der Waals surface area contributed by atoms with Gasteiger partial charge in [0.2, 0.25) is 10.0 Å². The van der Waals surface area contributed by atoms with E-state index in [0.717, 1.165) is 6.07 Å². The van der Waals surface area contributed by atoms with Crippen LogP contribution in [0, 0.1) is 5.82 Å². The van der Waals surface area contributed by atoms with Gasteiger partial charge in [-0.3, -0.25) is 0 Å². The lowest BCUT2D eigenvalue weighted by molar-refractivity contribution is 0.556. The molecule has 0 aliphatic rings. The van der Waals surface area contributed by atoms with Gasteiger partial charge in [-0.05, 0) is 25.1 Å². The van der Waals surface area contributed by atoms with Crippen LogP contribution in [0.1, 0.15) is 6.42 Å². The first-order valence-corrected chi connectivity index (χ1v) is 6.00. The summed E-state index contributed by atoms with van der Waals surface area (Å²) >= 11 is 0. The smallest absolute Gasteiger partial charge is 0.243 e. The van der Waals surface area contributed by atoms with E-state index in [2.05, 4.69) is 4.72 Å². The monoisotopic (exact) mass is 232 g/mol. The van der Waals surface area contributed by atoms with Crippen molar-refractivity contribution >= 4 is 10.0 Å². The maximum Gasteiger partial charge on any atom is 0.243 e. The van der Waals surface area contributed by atoms with E-state index < -0.39 is 15.8 Å². The minimum absolute atomic E-state index is 0.215. The largest absolute Gasteiger partial charge is 0.330 e. The first-order chi connectivity index (χ1) is 7.08. The van der Waals surface area contributed by atoms with E-state index in [1.807, 2.05) is 0 Å². The number of halogens is 1. The van der Waals surface area contributed by atoms with Crippen LogP contribution in [0.2, 0.25) is 0 Å². The van der Waals surface area contributed by atoms with Gasteiger partial charge < -0.3 is 5.73 Å². The van der Waals surface area contributed by atoms with Gasteiger partial charge in [-0.15, -0.1) is 0 Å². The van der Waals surface area contributed by atoms with E-state index in [1.54, 1.807) is 0 Å². The van der Waals surface area contributed by atoms with Crippen molar-refractivity contribution in [1.29, 1.82) is 0 Å². The average molecular weight is 232 g/mol. The van der Waals surface area contributed by atoms with Crippen LogP contribution in [0.15, 0.2) is 29.2 Å². The maximum atomic E-state index is 13.2. The Hall–Kier alpha value is -0.980. The number of nitrogens with two attached hydrogens (primary N) is 1. The van der Waals surface area contributed by atoms with Gasteiger partial charge in [0.05, 0.1) is 0 Å². The molecule has 1 rings (SSSR count). The maximum absolute atomic E-state index is 13.2. The highest BCUT2D eigenvalue weighted by atomic mass is 32.2. The molecule has 0 saturated carbocycles. The second-order valence-electron chi connectivity index (χ2n) is 2.97. The molecule has 15 heavy (non-hydrogen) atoms. The lowest BCUT2D eigenvalue weighted by Gasteiger charge is -2.06. The first kappa shape index (κ1) is 12.1. The molecule has 0 bridgehead atoms.